The van der Waals surface area contributed by atoms with Gasteiger partial charge in [0.2, 0.25) is 0 Å². The third-order valence-corrected chi connectivity index (χ3v) is 3.38. The molecule has 0 atom stereocenters. The molecule has 0 aliphatic carbocycles. The van der Waals surface area contributed by atoms with E-state index in [1.54, 1.807) is 0 Å². The van der Waals surface area contributed by atoms with E-state index in [0.717, 1.165) is 31.6 Å². The molecule has 0 spiro atoms. The quantitative estimate of drug-likeness (QED) is 0.846. The molecule has 1 aromatic carbocycles. The van der Waals surface area contributed by atoms with Crippen molar-refractivity contribution in [2.75, 3.05) is 31.2 Å². The normalized spacial score (nSPS) is 16.9. The van der Waals surface area contributed by atoms with Crippen molar-refractivity contribution in [2.24, 2.45) is 0 Å². The first-order valence-corrected chi connectivity index (χ1v) is 6.60. The number of ether oxygens (including phenoxy) is 1. The van der Waals surface area contributed by atoms with Gasteiger partial charge in [0.1, 0.15) is 5.82 Å². The lowest BCUT2D eigenvalue weighted by atomic mass is 10.1. The van der Waals surface area contributed by atoms with Gasteiger partial charge in [0.05, 0.1) is 25.9 Å². The van der Waals surface area contributed by atoms with Crippen LogP contribution in [0.2, 0.25) is 0 Å². The van der Waals surface area contributed by atoms with Crippen molar-refractivity contribution in [1.29, 1.82) is 0 Å². The summed E-state index contributed by atoms with van der Waals surface area (Å²) in [6.07, 6.45) is 1.91. The molecular weight excluding hydrogens is 249 g/mol. The topological polar surface area (TPSA) is 52.9 Å². The van der Waals surface area contributed by atoms with Crippen molar-refractivity contribution in [3.8, 4) is 0 Å². The Morgan fingerprint density at radius 2 is 1.95 bits per heavy atom. The fraction of sp³-hybridized carbons (Fsp3) is 0.571. The number of aliphatic hydroxyl groups is 2. The van der Waals surface area contributed by atoms with Gasteiger partial charge in [-0.25, -0.2) is 4.39 Å². The Labute approximate surface area is 112 Å². The second-order valence-electron chi connectivity index (χ2n) is 4.76. The van der Waals surface area contributed by atoms with Gasteiger partial charge in [-0.1, -0.05) is 0 Å². The van der Waals surface area contributed by atoms with Gasteiger partial charge in [0.15, 0.2) is 0 Å². The van der Waals surface area contributed by atoms with Crippen molar-refractivity contribution in [3.63, 3.8) is 0 Å². The van der Waals surface area contributed by atoms with Gasteiger partial charge in [-0.3, -0.25) is 0 Å². The fourth-order valence-electron chi connectivity index (χ4n) is 2.41. The highest BCUT2D eigenvalue weighted by Crippen LogP contribution is 2.23. The average Bonchev–Trinajstić information content (AvgIpc) is 2.45. The Morgan fingerprint density at radius 1 is 1.21 bits per heavy atom. The molecule has 0 radical (unpaired) electrons. The number of anilines is 1. The Kier molecular flexibility index (Phi) is 5.13. The van der Waals surface area contributed by atoms with Gasteiger partial charge in [0, 0.05) is 18.8 Å². The Bertz CT molecular complexity index is 406. The summed E-state index contributed by atoms with van der Waals surface area (Å²) in [6, 6.07) is 4.66. The minimum atomic E-state index is -0.319. The number of nitrogens with zero attached hydrogens (tertiary/aromatic N) is 1. The highest BCUT2D eigenvalue weighted by Gasteiger charge is 2.20. The summed E-state index contributed by atoms with van der Waals surface area (Å²) >= 11 is 0. The second-order valence-corrected chi connectivity index (χ2v) is 4.76. The van der Waals surface area contributed by atoms with E-state index in [-0.39, 0.29) is 25.1 Å². The van der Waals surface area contributed by atoms with Crippen LogP contribution in [0.3, 0.4) is 0 Å². The molecule has 0 saturated carbocycles. The maximum atomic E-state index is 13.4. The summed E-state index contributed by atoms with van der Waals surface area (Å²) in [7, 11) is 0. The van der Waals surface area contributed by atoms with Crippen LogP contribution in [0.1, 0.15) is 18.4 Å². The molecule has 1 heterocycles. The molecule has 5 heteroatoms. The molecule has 4 nitrogen and oxygen atoms in total. The largest absolute Gasteiger partial charge is 0.394 e. The van der Waals surface area contributed by atoms with Gasteiger partial charge in [-0.05, 0) is 36.6 Å². The maximum Gasteiger partial charge on any atom is 0.125 e. The van der Waals surface area contributed by atoms with Crippen LogP contribution in [-0.2, 0) is 11.3 Å². The number of hydrogen-bond donors (Lipinski definition) is 2. The van der Waals surface area contributed by atoms with Crippen LogP contribution < -0.4 is 4.90 Å². The monoisotopic (exact) mass is 269 g/mol. The standard InChI is InChI=1S/C14H20FNO3/c15-12-7-11(10-18)8-13(9-12)16-3-1-14(2-4-16)19-6-5-17/h7-9,14,17-18H,1-6,10H2. The molecule has 0 aromatic heterocycles. The highest BCUT2D eigenvalue weighted by molar-refractivity contribution is 5.49. The summed E-state index contributed by atoms with van der Waals surface area (Å²) < 4.78 is 18.9. The molecule has 0 bridgehead atoms. The lowest BCUT2D eigenvalue weighted by molar-refractivity contribution is 0.0159. The second kappa shape index (κ2) is 6.84. The molecule has 19 heavy (non-hydrogen) atoms. The van der Waals surface area contributed by atoms with Crippen LogP contribution in [-0.4, -0.2) is 42.6 Å². The lowest BCUT2D eigenvalue weighted by Crippen LogP contribution is -2.37. The van der Waals surface area contributed by atoms with Crippen LogP contribution in [0.4, 0.5) is 10.1 Å². The lowest BCUT2D eigenvalue weighted by Gasteiger charge is -2.33. The molecule has 106 valence electrons. The van der Waals surface area contributed by atoms with E-state index in [0.29, 0.717) is 12.2 Å². The van der Waals surface area contributed by atoms with E-state index >= 15 is 0 Å². The van der Waals surface area contributed by atoms with Crippen LogP contribution in [0.15, 0.2) is 18.2 Å². The summed E-state index contributed by atoms with van der Waals surface area (Å²) in [5, 5.41) is 17.8. The average molecular weight is 269 g/mol. The summed E-state index contributed by atoms with van der Waals surface area (Å²) in [5.41, 5.74) is 1.40. The van der Waals surface area contributed by atoms with Crippen molar-refractivity contribution < 1.29 is 19.3 Å². The Morgan fingerprint density at radius 3 is 2.58 bits per heavy atom. The first kappa shape index (κ1) is 14.2. The zero-order valence-corrected chi connectivity index (χ0v) is 10.9. The van der Waals surface area contributed by atoms with E-state index in [1.165, 1.54) is 12.1 Å². The number of rotatable bonds is 5. The molecule has 1 fully saturated rings. The molecule has 1 aliphatic rings. The van der Waals surface area contributed by atoms with Gasteiger partial charge >= 0.3 is 0 Å². The molecule has 2 N–H and O–H groups in total. The van der Waals surface area contributed by atoms with Gasteiger partial charge in [-0.15, -0.1) is 0 Å². The predicted molar refractivity (Wildman–Crippen MR) is 70.6 cm³/mol. The number of hydrogen-bond acceptors (Lipinski definition) is 4. The van der Waals surface area contributed by atoms with Crippen molar-refractivity contribution in [3.05, 3.63) is 29.6 Å². The molecule has 2 rings (SSSR count). The fourth-order valence-corrected chi connectivity index (χ4v) is 2.41. The summed E-state index contributed by atoms with van der Waals surface area (Å²) in [6.45, 7) is 1.86. The first-order chi connectivity index (χ1) is 9.22. The van der Waals surface area contributed by atoms with Gasteiger partial charge in [0.25, 0.3) is 0 Å². The van der Waals surface area contributed by atoms with Crippen LogP contribution >= 0.6 is 0 Å². The Balaban J connectivity index is 1.95. The van der Waals surface area contributed by atoms with E-state index in [1.807, 2.05) is 6.07 Å². The minimum absolute atomic E-state index is 0.0456. The number of piperidine rings is 1. The number of aliphatic hydroxyl groups excluding tert-OH is 2. The first-order valence-electron chi connectivity index (χ1n) is 6.60. The van der Waals surface area contributed by atoms with E-state index in [9.17, 15) is 4.39 Å². The third-order valence-electron chi connectivity index (χ3n) is 3.38. The van der Waals surface area contributed by atoms with Crippen LogP contribution in [0.25, 0.3) is 0 Å². The maximum absolute atomic E-state index is 13.4. The molecule has 0 amide bonds. The van der Waals surface area contributed by atoms with Gasteiger partial charge in [-0.2, -0.15) is 0 Å². The third kappa shape index (κ3) is 3.89. The van der Waals surface area contributed by atoms with Crippen molar-refractivity contribution in [2.45, 2.75) is 25.6 Å². The highest BCUT2D eigenvalue weighted by atomic mass is 19.1. The van der Waals surface area contributed by atoms with Crippen molar-refractivity contribution >= 4 is 5.69 Å². The SMILES string of the molecule is OCCOC1CCN(c2cc(F)cc(CO)c2)CC1. The van der Waals surface area contributed by atoms with Crippen molar-refractivity contribution in [1.82, 2.24) is 0 Å². The smallest absolute Gasteiger partial charge is 0.125 e. The zero-order chi connectivity index (χ0) is 13.7. The molecular formula is C14H20FNO3. The zero-order valence-electron chi connectivity index (χ0n) is 10.9. The number of halogens is 1. The predicted octanol–water partition coefficient (Wildman–Crippen LogP) is 1.30. The summed E-state index contributed by atoms with van der Waals surface area (Å²) in [4.78, 5) is 2.10. The molecule has 1 aliphatic heterocycles. The van der Waals surface area contributed by atoms with E-state index in [4.69, 9.17) is 14.9 Å². The van der Waals surface area contributed by atoms with E-state index in [2.05, 4.69) is 4.90 Å². The van der Waals surface area contributed by atoms with Crippen LogP contribution in [0, 0.1) is 5.82 Å². The van der Waals surface area contributed by atoms with Crippen LogP contribution in [0.5, 0.6) is 0 Å². The molecule has 1 saturated heterocycles. The minimum Gasteiger partial charge on any atom is -0.394 e. The van der Waals surface area contributed by atoms with Gasteiger partial charge < -0.3 is 19.8 Å². The van der Waals surface area contributed by atoms with E-state index < -0.39 is 0 Å². The number of benzene rings is 1. The summed E-state index contributed by atoms with van der Waals surface area (Å²) in [5.74, 6) is -0.319. The molecule has 1 aromatic rings. The molecule has 0 unspecified atom stereocenters. The Hall–Kier alpha value is -1.17.